The van der Waals surface area contributed by atoms with E-state index in [1.165, 1.54) is 11.4 Å². The van der Waals surface area contributed by atoms with Gasteiger partial charge in [0.25, 0.3) is 0 Å². The van der Waals surface area contributed by atoms with Crippen molar-refractivity contribution in [1.29, 1.82) is 0 Å². The number of hydrogen-bond acceptors (Lipinski definition) is 2. The highest BCUT2D eigenvalue weighted by atomic mass is 14.9. The van der Waals surface area contributed by atoms with E-state index in [2.05, 4.69) is 96.5 Å². The Morgan fingerprint density at radius 3 is 0.853 bits per heavy atom. The van der Waals surface area contributed by atoms with Gasteiger partial charge in [0.05, 0.1) is 0 Å². The molecule has 0 radical (unpaired) electrons. The molecule has 0 saturated carbocycles. The maximum absolute atomic E-state index is 3.25. The van der Waals surface area contributed by atoms with Crippen LogP contribution in [0.3, 0.4) is 0 Å². The van der Waals surface area contributed by atoms with Crippen molar-refractivity contribution in [3.8, 4) is 0 Å². The van der Waals surface area contributed by atoms with Crippen molar-refractivity contribution in [2.75, 3.05) is 23.7 Å². The van der Waals surface area contributed by atoms with E-state index in [1.807, 2.05) is 72.8 Å². The number of nitrogens with zero attached hydrogens (tertiary/aromatic N) is 2. The number of benzene rings is 2. The molecule has 0 fully saturated rings. The number of nitrogens with one attached hydrogen (secondary N) is 2. The Kier molecular flexibility index (Phi) is 16.7. The molecule has 2 heterocycles. The minimum atomic E-state index is 0.982. The Morgan fingerprint density at radius 1 is 0.441 bits per heavy atom. The molecule has 4 aromatic rings. The molecule has 0 amide bonds. The van der Waals surface area contributed by atoms with Crippen molar-refractivity contribution < 1.29 is 9.13 Å². The summed E-state index contributed by atoms with van der Waals surface area (Å²) >= 11 is 0. The third-order valence-corrected chi connectivity index (χ3v) is 4.61. The first kappa shape index (κ1) is 28.4. The predicted octanol–water partition coefficient (Wildman–Crippen LogP) is 6.22. The summed E-state index contributed by atoms with van der Waals surface area (Å²) in [5, 5.41) is 6.49. The number of anilines is 2. The van der Waals surface area contributed by atoms with Gasteiger partial charge in [0, 0.05) is 48.7 Å². The topological polar surface area (TPSA) is 31.8 Å². The maximum atomic E-state index is 3.25. The highest BCUT2D eigenvalue weighted by molar-refractivity contribution is 5.39. The summed E-state index contributed by atoms with van der Waals surface area (Å²) < 4.78 is 4.28. The predicted molar refractivity (Wildman–Crippen MR) is 146 cm³/mol. The quantitative estimate of drug-likeness (QED) is 0.336. The van der Waals surface area contributed by atoms with E-state index in [0.29, 0.717) is 0 Å². The van der Waals surface area contributed by atoms with Crippen LogP contribution in [-0.2, 0) is 13.1 Å². The number of pyridine rings is 2. The molecule has 0 spiro atoms. The lowest BCUT2D eigenvalue weighted by atomic mass is 10.4. The highest BCUT2D eigenvalue weighted by Crippen LogP contribution is 2.01. The minimum absolute atomic E-state index is 0.982. The summed E-state index contributed by atoms with van der Waals surface area (Å²) in [6.07, 6.45) is 8.33. The molecule has 0 aliphatic carbocycles. The van der Waals surface area contributed by atoms with Crippen molar-refractivity contribution in [2.24, 2.45) is 0 Å². The average Bonchev–Trinajstić information content (AvgIpc) is 2.93. The highest BCUT2D eigenvalue weighted by Gasteiger charge is 1.95. The Balaban J connectivity index is 0.000000235. The summed E-state index contributed by atoms with van der Waals surface area (Å²) in [5.41, 5.74) is 2.38. The minimum Gasteiger partial charge on any atom is -0.385 e. The van der Waals surface area contributed by atoms with Crippen molar-refractivity contribution >= 4 is 11.4 Å². The summed E-state index contributed by atoms with van der Waals surface area (Å²) in [6, 6.07) is 32.4. The molecule has 2 aromatic carbocycles. The number of aryl methyl sites for hydroxylation is 2. The largest absolute Gasteiger partial charge is 0.385 e. The van der Waals surface area contributed by atoms with Gasteiger partial charge in [0.1, 0.15) is 13.1 Å². The molecule has 2 N–H and O–H groups in total. The van der Waals surface area contributed by atoms with Crippen LogP contribution in [0.2, 0.25) is 0 Å². The van der Waals surface area contributed by atoms with Gasteiger partial charge in [-0.25, -0.2) is 9.13 Å². The van der Waals surface area contributed by atoms with Crippen molar-refractivity contribution in [1.82, 2.24) is 0 Å². The molecule has 0 bridgehead atoms. The Hall–Kier alpha value is -3.66. The van der Waals surface area contributed by atoms with E-state index < -0.39 is 0 Å². The van der Waals surface area contributed by atoms with Gasteiger partial charge in [-0.05, 0) is 27.7 Å². The maximum Gasteiger partial charge on any atom is 0.170 e. The second-order valence-electron chi connectivity index (χ2n) is 7.20. The summed E-state index contributed by atoms with van der Waals surface area (Å²) in [5.74, 6) is 0. The lowest BCUT2D eigenvalue weighted by Crippen LogP contribution is -2.30. The van der Waals surface area contributed by atoms with Crippen LogP contribution in [0, 0.1) is 0 Å². The van der Waals surface area contributed by atoms with E-state index in [1.54, 1.807) is 0 Å². The first-order chi connectivity index (χ1) is 16.7. The lowest BCUT2D eigenvalue weighted by Gasteiger charge is -1.99. The molecule has 2 aromatic heterocycles. The molecule has 0 aliphatic heterocycles. The third kappa shape index (κ3) is 14.4. The van der Waals surface area contributed by atoms with Crippen LogP contribution in [0.5, 0.6) is 0 Å². The van der Waals surface area contributed by atoms with Gasteiger partial charge in [-0.3, -0.25) is 0 Å². The third-order valence-electron chi connectivity index (χ3n) is 4.61. The first-order valence-corrected chi connectivity index (χ1v) is 12.2. The molecule has 0 atom stereocenters. The Labute approximate surface area is 206 Å². The zero-order valence-electron chi connectivity index (χ0n) is 21.3. The monoisotopic (exact) mass is 458 g/mol. The molecule has 4 nitrogen and oxygen atoms in total. The van der Waals surface area contributed by atoms with Crippen molar-refractivity contribution in [3.05, 3.63) is 122 Å². The molecule has 0 saturated heterocycles. The summed E-state index contributed by atoms with van der Waals surface area (Å²) in [4.78, 5) is 0. The van der Waals surface area contributed by atoms with Gasteiger partial charge in [-0.1, -0.05) is 72.8 Å². The van der Waals surface area contributed by atoms with E-state index in [-0.39, 0.29) is 0 Å². The number of hydrogen-bond donors (Lipinski definition) is 2. The molecule has 0 unspecified atom stereocenters. The average molecular weight is 459 g/mol. The van der Waals surface area contributed by atoms with E-state index in [9.17, 15) is 0 Å². The second-order valence-corrected chi connectivity index (χ2v) is 7.20. The fraction of sp³-hybridized carbons (Fsp3) is 0.267. The van der Waals surface area contributed by atoms with Crippen LogP contribution in [0.4, 0.5) is 11.4 Å². The summed E-state index contributed by atoms with van der Waals surface area (Å²) in [6.45, 7) is 12.5. The molecule has 34 heavy (non-hydrogen) atoms. The van der Waals surface area contributed by atoms with Crippen LogP contribution in [-0.4, -0.2) is 13.1 Å². The normalized spacial score (nSPS) is 9.06. The molecular weight excluding hydrogens is 416 g/mol. The van der Waals surface area contributed by atoms with Crippen LogP contribution in [0.25, 0.3) is 0 Å². The van der Waals surface area contributed by atoms with Gasteiger partial charge in [-0.2, -0.15) is 0 Å². The van der Waals surface area contributed by atoms with Crippen LogP contribution in [0.15, 0.2) is 122 Å². The van der Waals surface area contributed by atoms with E-state index in [0.717, 1.165) is 26.2 Å². The standard InChI is InChI=1S/2C9H14N2.2C6H6/c2*1-3-10-9-5-7-11(4-2)8-6-9;2*1-2-4-6-5-3-1/h2*5-8H,3-4H2,1-2H3;2*1-6H/p+2. The SMILES string of the molecule is CCNc1cc[n+](CC)cc1.CCNc1cc[n+](CC)cc1.c1ccccc1.c1ccccc1. The van der Waals surface area contributed by atoms with Gasteiger partial charge in [-0.15, -0.1) is 0 Å². The molecule has 4 heteroatoms. The number of aromatic nitrogens is 2. The van der Waals surface area contributed by atoms with Gasteiger partial charge >= 0.3 is 0 Å². The van der Waals surface area contributed by atoms with Gasteiger partial charge < -0.3 is 10.6 Å². The Bertz CT molecular complexity index is 790. The fourth-order valence-corrected chi connectivity index (χ4v) is 2.75. The molecule has 0 aliphatic rings. The van der Waals surface area contributed by atoms with E-state index in [4.69, 9.17) is 0 Å². The van der Waals surface area contributed by atoms with Crippen molar-refractivity contribution in [3.63, 3.8) is 0 Å². The Morgan fingerprint density at radius 2 is 0.676 bits per heavy atom. The summed E-state index contributed by atoms with van der Waals surface area (Å²) in [7, 11) is 0. The van der Waals surface area contributed by atoms with Gasteiger partial charge in [0.2, 0.25) is 0 Å². The zero-order valence-corrected chi connectivity index (χ0v) is 21.3. The van der Waals surface area contributed by atoms with Crippen LogP contribution < -0.4 is 19.8 Å². The van der Waals surface area contributed by atoms with Crippen LogP contribution in [0.1, 0.15) is 27.7 Å². The molecular formula is C30H42N4+2. The van der Waals surface area contributed by atoms with Crippen molar-refractivity contribution in [2.45, 2.75) is 40.8 Å². The fourth-order valence-electron chi connectivity index (χ4n) is 2.75. The first-order valence-electron chi connectivity index (χ1n) is 12.2. The second kappa shape index (κ2) is 20.0. The number of rotatable bonds is 6. The van der Waals surface area contributed by atoms with Crippen LogP contribution >= 0.6 is 0 Å². The zero-order chi connectivity index (χ0) is 24.7. The smallest absolute Gasteiger partial charge is 0.170 e. The van der Waals surface area contributed by atoms with E-state index >= 15 is 0 Å². The molecule has 180 valence electrons. The lowest BCUT2D eigenvalue weighted by molar-refractivity contribution is -0.693. The van der Waals surface area contributed by atoms with Gasteiger partial charge in [0.15, 0.2) is 24.8 Å². The molecule has 4 rings (SSSR count).